The molecule has 0 aliphatic carbocycles. The molecular weight excluding hydrogens is 584 g/mol. The van der Waals surface area contributed by atoms with Gasteiger partial charge in [0, 0.05) is 36.6 Å². The number of aromatic nitrogens is 1. The highest BCUT2D eigenvalue weighted by molar-refractivity contribution is 5.89. The highest BCUT2D eigenvalue weighted by Crippen LogP contribution is 2.27. The molecular formula is C36H50N4O6. The van der Waals surface area contributed by atoms with Gasteiger partial charge in [0.1, 0.15) is 18.2 Å². The molecule has 1 aromatic heterocycles. The minimum atomic E-state index is -0.791. The summed E-state index contributed by atoms with van der Waals surface area (Å²) in [7, 11) is 0. The van der Waals surface area contributed by atoms with Crippen LogP contribution in [-0.4, -0.2) is 53.6 Å². The normalized spacial score (nSPS) is 12.7. The monoisotopic (exact) mass is 634 g/mol. The van der Waals surface area contributed by atoms with Gasteiger partial charge < -0.3 is 30.4 Å². The first-order chi connectivity index (χ1) is 21.9. The second kappa shape index (κ2) is 18.0. The Balaban J connectivity index is 1.53. The summed E-state index contributed by atoms with van der Waals surface area (Å²) in [4.78, 5) is 54.1. The van der Waals surface area contributed by atoms with Crippen molar-refractivity contribution in [3.05, 3.63) is 71.9 Å². The van der Waals surface area contributed by atoms with Crippen LogP contribution in [0.15, 0.2) is 60.8 Å². The maximum atomic E-state index is 13.6. The predicted octanol–water partition coefficient (Wildman–Crippen LogP) is 5.80. The molecule has 0 radical (unpaired) electrons. The number of rotatable bonds is 17. The number of esters is 1. The Labute approximate surface area is 272 Å². The lowest BCUT2D eigenvalue weighted by Crippen LogP contribution is -2.53. The number of H-pyrrole nitrogens is 1. The molecule has 0 saturated heterocycles. The molecule has 0 spiro atoms. The van der Waals surface area contributed by atoms with Crippen molar-refractivity contribution in [2.24, 2.45) is 11.8 Å². The summed E-state index contributed by atoms with van der Waals surface area (Å²) in [6.07, 6.45) is 4.17. The van der Waals surface area contributed by atoms with E-state index in [4.69, 9.17) is 9.47 Å². The molecule has 250 valence electrons. The number of amides is 3. The van der Waals surface area contributed by atoms with Crippen LogP contribution in [0.25, 0.3) is 10.9 Å². The third-order valence-electron chi connectivity index (χ3n) is 7.63. The summed E-state index contributed by atoms with van der Waals surface area (Å²) < 4.78 is 10.6. The summed E-state index contributed by atoms with van der Waals surface area (Å²) in [5.74, 6) is -1.21. The van der Waals surface area contributed by atoms with Crippen molar-refractivity contribution in [3.63, 3.8) is 0 Å². The molecule has 3 aromatic rings. The van der Waals surface area contributed by atoms with E-state index >= 15 is 0 Å². The number of hydrogen-bond acceptors (Lipinski definition) is 6. The average Bonchev–Trinajstić information content (AvgIpc) is 3.42. The van der Waals surface area contributed by atoms with Crippen molar-refractivity contribution in [1.29, 1.82) is 0 Å². The molecule has 2 atom stereocenters. The fourth-order valence-electron chi connectivity index (χ4n) is 5.23. The van der Waals surface area contributed by atoms with Crippen LogP contribution in [0.2, 0.25) is 0 Å². The zero-order chi connectivity index (χ0) is 33.5. The second-order valence-electron chi connectivity index (χ2n) is 12.9. The zero-order valence-electron chi connectivity index (χ0n) is 27.8. The number of benzene rings is 2. The molecule has 0 saturated carbocycles. The molecule has 10 nitrogen and oxygen atoms in total. The largest absolute Gasteiger partial charge is 0.460 e. The molecule has 2 aromatic carbocycles. The number of para-hydroxylation sites is 1. The molecule has 46 heavy (non-hydrogen) atoms. The Morgan fingerprint density at radius 3 is 2.22 bits per heavy atom. The van der Waals surface area contributed by atoms with Gasteiger partial charge >= 0.3 is 12.1 Å². The first kappa shape index (κ1) is 36.1. The number of ether oxygens (including phenoxy) is 2. The minimum Gasteiger partial charge on any atom is -0.460 e. The number of hydrogen-bond donors (Lipinski definition) is 4. The molecule has 0 aliphatic heterocycles. The summed E-state index contributed by atoms with van der Waals surface area (Å²) >= 11 is 0. The molecule has 0 bridgehead atoms. The van der Waals surface area contributed by atoms with Gasteiger partial charge in [-0.05, 0) is 75.5 Å². The van der Waals surface area contributed by atoms with E-state index in [-0.39, 0.29) is 43.1 Å². The van der Waals surface area contributed by atoms with Crippen molar-refractivity contribution < 1.29 is 28.7 Å². The number of carbonyl (C=O) groups excluding carboxylic acids is 4. The van der Waals surface area contributed by atoms with E-state index in [0.717, 1.165) is 34.9 Å². The van der Waals surface area contributed by atoms with Gasteiger partial charge in [0.15, 0.2) is 0 Å². The van der Waals surface area contributed by atoms with E-state index in [0.29, 0.717) is 25.9 Å². The molecule has 10 heteroatoms. The van der Waals surface area contributed by atoms with Gasteiger partial charge in [-0.25, -0.2) is 4.79 Å². The fourth-order valence-corrected chi connectivity index (χ4v) is 5.23. The van der Waals surface area contributed by atoms with E-state index in [2.05, 4.69) is 20.9 Å². The van der Waals surface area contributed by atoms with E-state index in [1.165, 1.54) is 0 Å². The van der Waals surface area contributed by atoms with Crippen molar-refractivity contribution >= 4 is 34.8 Å². The van der Waals surface area contributed by atoms with Gasteiger partial charge in [-0.1, -0.05) is 62.4 Å². The lowest BCUT2D eigenvalue weighted by Gasteiger charge is -2.30. The molecule has 4 N–H and O–H groups in total. The van der Waals surface area contributed by atoms with E-state index in [1.54, 1.807) is 20.8 Å². The van der Waals surface area contributed by atoms with E-state index in [1.807, 2.05) is 74.6 Å². The van der Waals surface area contributed by atoms with Crippen LogP contribution >= 0.6 is 0 Å². The van der Waals surface area contributed by atoms with Crippen LogP contribution in [-0.2, 0) is 36.9 Å². The highest BCUT2D eigenvalue weighted by Gasteiger charge is 2.33. The summed E-state index contributed by atoms with van der Waals surface area (Å²) in [6, 6.07) is 16.7. The second-order valence-corrected chi connectivity index (χ2v) is 12.9. The van der Waals surface area contributed by atoms with Crippen molar-refractivity contribution in [2.75, 3.05) is 13.1 Å². The summed E-state index contributed by atoms with van der Waals surface area (Å²) in [5, 5.41) is 9.79. The van der Waals surface area contributed by atoms with E-state index in [9.17, 15) is 19.2 Å². The number of carbonyl (C=O) groups is 4. The number of fused-ring (bicyclic) bond motifs is 1. The van der Waals surface area contributed by atoms with Crippen LogP contribution in [0.4, 0.5) is 4.79 Å². The van der Waals surface area contributed by atoms with Crippen molar-refractivity contribution in [1.82, 2.24) is 20.9 Å². The third-order valence-corrected chi connectivity index (χ3v) is 7.63. The van der Waals surface area contributed by atoms with Gasteiger partial charge in [0.2, 0.25) is 11.8 Å². The standard InChI is InChI=1S/C36H50N4O6/c1-25(2)29(22-27-23-39-30-17-11-10-16-28(27)30)33(40-31(41)18-19-32(42)46-36(3,4)5)34(43)37-20-12-7-13-21-38-35(44)45-24-26-14-8-6-9-15-26/h6,8-11,14-17,23,25,29,33,39H,7,12-13,18-22,24H2,1-5H3,(H,37,43)(H,38,44)(H,40,41)/t29?,33-/m0/s1. The quantitative estimate of drug-likeness (QED) is 0.109. The number of nitrogens with one attached hydrogen (secondary N) is 4. The summed E-state index contributed by atoms with van der Waals surface area (Å²) in [5.41, 5.74) is 2.37. The highest BCUT2D eigenvalue weighted by atomic mass is 16.6. The number of aromatic amines is 1. The fraction of sp³-hybridized carbons (Fsp3) is 0.500. The van der Waals surface area contributed by atoms with Gasteiger partial charge in [0.05, 0.1) is 6.42 Å². The Bertz CT molecular complexity index is 1410. The molecule has 1 unspecified atom stereocenters. The van der Waals surface area contributed by atoms with Crippen molar-refractivity contribution in [2.45, 2.75) is 91.4 Å². The van der Waals surface area contributed by atoms with Gasteiger partial charge in [-0.2, -0.15) is 0 Å². The van der Waals surface area contributed by atoms with E-state index < -0.39 is 23.7 Å². The van der Waals surface area contributed by atoms with Crippen LogP contribution < -0.4 is 16.0 Å². The Hall–Kier alpha value is -4.34. The van der Waals surface area contributed by atoms with Crippen LogP contribution in [0.1, 0.15) is 77.8 Å². The first-order valence-corrected chi connectivity index (χ1v) is 16.2. The van der Waals surface area contributed by atoms with Crippen molar-refractivity contribution in [3.8, 4) is 0 Å². The first-order valence-electron chi connectivity index (χ1n) is 16.2. The third kappa shape index (κ3) is 12.6. The molecule has 3 rings (SSSR count). The lowest BCUT2D eigenvalue weighted by atomic mass is 9.82. The minimum absolute atomic E-state index is 0.0694. The van der Waals surface area contributed by atoms with Crippen LogP contribution in [0.5, 0.6) is 0 Å². The molecule has 0 aliphatic rings. The lowest BCUT2D eigenvalue weighted by molar-refractivity contribution is -0.155. The molecule has 3 amide bonds. The van der Waals surface area contributed by atoms with Crippen LogP contribution in [0, 0.1) is 11.8 Å². The maximum absolute atomic E-state index is 13.6. The smallest absolute Gasteiger partial charge is 0.407 e. The predicted molar refractivity (Wildman–Crippen MR) is 179 cm³/mol. The SMILES string of the molecule is CC(C)C(Cc1c[nH]c2ccccc12)[C@H](NC(=O)CCC(=O)OC(C)(C)C)C(=O)NCCCCCNC(=O)OCc1ccccc1. The summed E-state index contributed by atoms with van der Waals surface area (Å²) in [6.45, 7) is 10.5. The molecule has 1 heterocycles. The molecule has 0 fully saturated rings. The Kier molecular flexibility index (Phi) is 14.1. The van der Waals surface area contributed by atoms with Gasteiger partial charge in [-0.3, -0.25) is 14.4 Å². The number of alkyl carbamates (subject to hydrolysis) is 1. The van der Waals surface area contributed by atoms with Crippen LogP contribution in [0.3, 0.4) is 0 Å². The zero-order valence-corrected chi connectivity index (χ0v) is 27.8. The van der Waals surface area contributed by atoms with Gasteiger partial charge in [0.25, 0.3) is 0 Å². The Morgan fingerprint density at radius 1 is 0.848 bits per heavy atom. The number of unbranched alkanes of at least 4 members (excludes halogenated alkanes) is 2. The average molecular weight is 635 g/mol. The van der Waals surface area contributed by atoms with Gasteiger partial charge in [-0.15, -0.1) is 0 Å². The maximum Gasteiger partial charge on any atom is 0.407 e. The Morgan fingerprint density at radius 2 is 1.52 bits per heavy atom. The topological polar surface area (TPSA) is 139 Å².